The third-order valence-electron chi connectivity index (χ3n) is 2.81. The second-order valence-electron chi connectivity index (χ2n) is 4.02. The first-order valence-corrected chi connectivity index (χ1v) is 5.38. The molecule has 78 valence electrons. The van der Waals surface area contributed by atoms with Crippen molar-refractivity contribution >= 4 is 11.0 Å². The maximum absolute atomic E-state index is 5.54. The molecule has 0 saturated heterocycles. The van der Waals surface area contributed by atoms with Gasteiger partial charge in [0.15, 0.2) is 0 Å². The van der Waals surface area contributed by atoms with E-state index in [1.807, 2.05) is 24.5 Å². The highest BCUT2D eigenvalue weighted by Gasteiger charge is 2.06. The molecule has 2 aromatic carbocycles. The Labute approximate surface area is 94.3 Å². The van der Waals surface area contributed by atoms with Crippen LogP contribution in [0.5, 0.6) is 0 Å². The van der Waals surface area contributed by atoms with Gasteiger partial charge in [-0.05, 0) is 18.6 Å². The molecule has 16 heavy (non-hydrogen) atoms. The Morgan fingerprint density at radius 1 is 0.938 bits per heavy atom. The highest BCUT2D eigenvalue weighted by atomic mass is 16.3. The number of benzene rings is 2. The van der Waals surface area contributed by atoms with E-state index in [1.165, 1.54) is 22.1 Å². The van der Waals surface area contributed by atoms with Crippen molar-refractivity contribution in [2.75, 3.05) is 0 Å². The van der Waals surface area contributed by atoms with Crippen molar-refractivity contribution in [2.24, 2.45) is 0 Å². The summed E-state index contributed by atoms with van der Waals surface area (Å²) in [5.41, 5.74) is 4.59. The Bertz CT molecular complexity index is 634. The van der Waals surface area contributed by atoms with Gasteiger partial charge in [-0.15, -0.1) is 0 Å². The molecule has 0 atom stereocenters. The fraction of sp³-hybridized carbons (Fsp3) is 0.0667. The van der Waals surface area contributed by atoms with Crippen LogP contribution in [-0.2, 0) is 0 Å². The quantitative estimate of drug-likeness (QED) is 0.577. The second kappa shape index (κ2) is 3.53. The monoisotopic (exact) mass is 208 g/mol. The maximum atomic E-state index is 5.54. The molecular weight excluding hydrogens is 196 g/mol. The van der Waals surface area contributed by atoms with Crippen molar-refractivity contribution in [1.82, 2.24) is 0 Å². The molecule has 1 aromatic heterocycles. The van der Waals surface area contributed by atoms with Crippen molar-refractivity contribution in [3.63, 3.8) is 0 Å². The average molecular weight is 208 g/mol. The zero-order valence-electron chi connectivity index (χ0n) is 9.10. The molecule has 1 heterocycles. The van der Waals surface area contributed by atoms with Gasteiger partial charge in [0.25, 0.3) is 0 Å². The summed E-state index contributed by atoms with van der Waals surface area (Å²) in [7, 11) is 0. The van der Waals surface area contributed by atoms with Crippen LogP contribution in [-0.4, -0.2) is 0 Å². The first kappa shape index (κ1) is 9.22. The van der Waals surface area contributed by atoms with Crippen LogP contribution in [0.15, 0.2) is 59.2 Å². The highest BCUT2D eigenvalue weighted by Crippen LogP contribution is 2.30. The van der Waals surface area contributed by atoms with Crippen LogP contribution in [0, 0.1) is 6.92 Å². The summed E-state index contributed by atoms with van der Waals surface area (Å²) >= 11 is 0. The summed E-state index contributed by atoms with van der Waals surface area (Å²) in [6.45, 7) is 2.10. The van der Waals surface area contributed by atoms with Gasteiger partial charge >= 0.3 is 0 Å². The van der Waals surface area contributed by atoms with Crippen molar-refractivity contribution in [2.45, 2.75) is 6.92 Å². The molecule has 3 aromatic rings. The largest absolute Gasteiger partial charge is 0.464 e. The Hall–Kier alpha value is -2.02. The number of para-hydroxylation sites is 1. The predicted molar refractivity (Wildman–Crippen MR) is 66.4 cm³/mol. The fourth-order valence-corrected chi connectivity index (χ4v) is 2.01. The average Bonchev–Trinajstić information content (AvgIpc) is 2.72. The van der Waals surface area contributed by atoms with Crippen LogP contribution < -0.4 is 0 Å². The number of furan rings is 1. The Balaban J connectivity index is 2.26. The Kier molecular flexibility index (Phi) is 2.03. The van der Waals surface area contributed by atoms with E-state index in [9.17, 15) is 0 Å². The molecule has 0 amide bonds. The molecule has 0 aliphatic rings. The van der Waals surface area contributed by atoms with Crippen LogP contribution in [0.25, 0.3) is 22.1 Å². The van der Waals surface area contributed by atoms with Gasteiger partial charge in [-0.1, -0.05) is 48.0 Å². The molecule has 0 saturated carbocycles. The van der Waals surface area contributed by atoms with E-state index in [0.29, 0.717) is 0 Å². The Morgan fingerprint density at radius 2 is 1.81 bits per heavy atom. The number of aryl methyl sites for hydroxylation is 1. The second-order valence-corrected chi connectivity index (χ2v) is 4.02. The number of hydrogen-bond acceptors (Lipinski definition) is 1. The van der Waals surface area contributed by atoms with Crippen LogP contribution in [0.3, 0.4) is 0 Å². The molecule has 3 rings (SSSR count). The molecule has 0 N–H and O–H groups in total. The normalized spacial score (nSPS) is 10.8. The number of hydrogen-bond donors (Lipinski definition) is 0. The van der Waals surface area contributed by atoms with Gasteiger partial charge in [-0.3, -0.25) is 0 Å². The summed E-state index contributed by atoms with van der Waals surface area (Å²) in [6, 6.07) is 16.6. The summed E-state index contributed by atoms with van der Waals surface area (Å²) in [4.78, 5) is 0. The van der Waals surface area contributed by atoms with Gasteiger partial charge in [0.2, 0.25) is 0 Å². The molecule has 0 spiro atoms. The molecule has 1 heteroatoms. The predicted octanol–water partition coefficient (Wildman–Crippen LogP) is 4.41. The van der Waals surface area contributed by atoms with E-state index in [2.05, 4.69) is 37.3 Å². The molecular formula is C15H12O. The molecule has 0 aliphatic carbocycles. The van der Waals surface area contributed by atoms with Crippen LogP contribution in [0.1, 0.15) is 5.56 Å². The smallest absolute Gasteiger partial charge is 0.134 e. The first-order chi connectivity index (χ1) is 7.84. The molecule has 1 nitrogen and oxygen atoms in total. The van der Waals surface area contributed by atoms with E-state index in [1.54, 1.807) is 0 Å². The lowest BCUT2D eigenvalue weighted by molar-refractivity contribution is 0.617. The summed E-state index contributed by atoms with van der Waals surface area (Å²) in [5.74, 6) is 0. The summed E-state index contributed by atoms with van der Waals surface area (Å²) < 4.78 is 5.54. The minimum atomic E-state index is 0.944. The minimum Gasteiger partial charge on any atom is -0.464 e. The van der Waals surface area contributed by atoms with Gasteiger partial charge in [-0.25, -0.2) is 0 Å². The van der Waals surface area contributed by atoms with Crippen LogP contribution in [0.2, 0.25) is 0 Å². The van der Waals surface area contributed by atoms with Gasteiger partial charge < -0.3 is 4.42 Å². The fourth-order valence-electron chi connectivity index (χ4n) is 2.01. The van der Waals surface area contributed by atoms with Gasteiger partial charge in [0, 0.05) is 10.9 Å². The molecule has 0 fully saturated rings. The molecule has 0 aliphatic heterocycles. The first-order valence-electron chi connectivity index (χ1n) is 5.38. The van der Waals surface area contributed by atoms with Gasteiger partial charge in [0.05, 0.1) is 6.26 Å². The molecule has 0 unspecified atom stereocenters. The summed E-state index contributed by atoms with van der Waals surface area (Å²) in [6.07, 6.45) is 1.83. The van der Waals surface area contributed by atoms with Crippen LogP contribution >= 0.6 is 0 Å². The zero-order chi connectivity index (χ0) is 11.0. The SMILES string of the molecule is Cc1cccc(-c2coc3ccccc23)c1. The van der Waals surface area contributed by atoms with Gasteiger partial charge in [-0.2, -0.15) is 0 Å². The van der Waals surface area contributed by atoms with Crippen molar-refractivity contribution in [3.05, 3.63) is 60.4 Å². The van der Waals surface area contributed by atoms with E-state index in [-0.39, 0.29) is 0 Å². The third kappa shape index (κ3) is 1.41. The van der Waals surface area contributed by atoms with Crippen molar-refractivity contribution in [1.29, 1.82) is 0 Å². The molecule has 0 bridgehead atoms. The third-order valence-corrected chi connectivity index (χ3v) is 2.81. The van der Waals surface area contributed by atoms with E-state index in [4.69, 9.17) is 4.42 Å². The van der Waals surface area contributed by atoms with Crippen molar-refractivity contribution < 1.29 is 4.42 Å². The lowest BCUT2D eigenvalue weighted by Gasteiger charge is -1.99. The topological polar surface area (TPSA) is 13.1 Å². The highest BCUT2D eigenvalue weighted by molar-refractivity contribution is 5.93. The maximum Gasteiger partial charge on any atom is 0.134 e. The van der Waals surface area contributed by atoms with E-state index >= 15 is 0 Å². The van der Waals surface area contributed by atoms with Crippen LogP contribution in [0.4, 0.5) is 0 Å². The van der Waals surface area contributed by atoms with Gasteiger partial charge in [0.1, 0.15) is 5.58 Å². The lowest BCUT2D eigenvalue weighted by atomic mass is 10.0. The van der Waals surface area contributed by atoms with Crippen molar-refractivity contribution in [3.8, 4) is 11.1 Å². The number of fused-ring (bicyclic) bond motifs is 1. The standard InChI is InChI=1S/C15H12O/c1-11-5-4-6-12(9-11)14-10-16-15-8-3-2-7-13(14)15/h2-10H,1H3. The Morgan fingerprint density at radius 3 is 2.69 bits per heavy atom. The van der Waals surface area contributed by atoms with E-state index < -0.39 is 0 Å². The lowest BCUT2D eigenvalue weighted by Crippen LogP contribution is -1.77. The zero-order valence-corrected chi connectivity index (χ0v) is 9.10. The van der Waals surface area contributed by atoms with E-state index in [0.717, 1.165) is 5.58 Å². The summed E-state index contributed by atoms with van der Waals surface area (Å²) in [5, 5.41) is 1.17. The number of rotatable bonds is 1. The molecule has 0 radical (unpaired) electrons. The minimum absolute atomic E-state index is 0.944.